The minimum absolute atomic E-state index is 0.0309. The second-order valence-corrected chi connectivity index (χ2v) is 6.75. The quantitative estimate of drug-likeness (QED) is 0.686. The van der Waals surface area contributed by atoms with Crippen LogP contribution in [-0.4, -0.2) is 32.7 Å². The molecule has 0 aliphatic rings. The van der Waals surface area contributed by atoms with Gasteiger partial charge in [-0.3, -0.25) is 8.98 Å². The SMILES string of the molecule is CCC(C)C(=O)NC(C)(CC)CCS(=O)(=O)OC. The van der Waals surface area contributed by atoms with Crippen LogP contribution >= 0.6 is 0 Å². The van der Waals surface area contributed by atoms with Crippen LogP contribution in [0.5, 0.6) is 0 Å². The maximum absolute atomic E-state index is 11.9. The summed E-state index contributed by atoms with van der Waals surface area (Å²) in [6.07, 6.45) is 1.79. The van der Waals surface area contributed by atoms with Crippen LogP contribution in [-0.2, 0) is 19.1 Å². The number of hydrogen-bond acceptors (Lipinski definition) is 4. The van der Waals surface area contributed by atoms with Crippen molar-refractivity contribution in [1.82, 2.24) is 5.32 Å². The van der Waals surface area contributed by atoms with Gasteiger partial charge < -0.3 is 5.32 Å². The normalized spacial score (nSPS) is 16.9. The van der Waals surface area contributed by atoms with Crippen LogP contribution in [0.2, 0.25) is 0 Å². The molecule has 0 aromatic rings. The van der Waals surface area contributed by atoms with Gasteiger partial charge in [-0.05, 0) is 26.2 Å². The van der Waals surface area contributed by atoms with Crippen molar-refractivity contribution in [2.45, 2.75) is 52.5 Å². The summed E-state index contributed by atoms with van der Waals surface area (Å²) < 4.78 is 27.0. The Morgan fingerprint density at radius 2 is 1.94 bits per heavy atom. The largest absolute Gasteiger partial charge is 0.351 e. The molecule has 0 heterocycles. The predicted octanol–water partition coefficient (Wildman–Crippen LogP) is 1.68. The lowest BCUT2D eigenvalue weighted by Gasteiger charge is -2.30. The minimum Gasteiger partial charge on any atom is -0.351 e. The highest BCUT2D eigenvalue weighted by Crippen LogP contribution is 2.17. The van der Waals surface area contributed by atoms with Gasteiger partial charge in [-0.25, -0.2) is 0 Å². The Morgan fingerprint density at radius 1 is 1.39 bits per heavy atom. The maximum Gasteiger partial charge on any atom is 0.267 e. The number of hydrogen-bond donors (Lipinski definition) is 1. The Balaban J connectivity index is 4.58. The molecule has 0 spiro atoms. The number of rotatable bonds is 8. The lowest BCUT2D eigenvalue weighted by Crippen LogP contribution is -2.48. The molecule has 108 valence electrons. The monoisotopic (exact) mass is 279 g/mol. The Hall–Kier alpha value is -0.620. The second kappa shape index (κ2) is 7.09. The lowest BCUT2D eigenvalue weighted by molar-refractivity contribution is -0.126. The molecule has 6 heteroatoms. The van der Waals surface area contributed by atoms with Crippen LogP contribution in [0.4, 0.5) is 0 Å². The Labute approximate surface area is 110 Å². The van der Waals surface area contributed by atoms with E-state index in [-0.39, 0.29) is 17.6 Å². The van der Waals surface area contributed by atoms with E-state index in [0.29, 0.717) is 12.8 Å². The fourth-order valence-electron chi connectivity index (χ4n) is 1.37. The molecular formula is C12H25NO4S. The van der Waals surface area contributed by atoms with Gasteiger partial charge in [-0.15, -0.1) is 0 Å². The van der Waals surface area contributed by atoms with Gasteiger partial charge in [0.1, 0.15) is 0 Å². The van der Waals surface area contributed by atoms with Gasteiger partial charge in [0.15, 0.2) is 0 Å². The highest BCUT2D eigenvalue weighted by atomic mass is 32.2. The molecule has 0 saturated carbocycles. The second-order valence-electron chi connectivity index (χ2n) is 4.89. The van der Waals surface area contributed by atoms with Crippen molar-refractivity contribution in [3.05, 3.63) is 0 Å². The van der Waals surface area contributed by atoms with Gasteiger partial charge in [0, 0.05) is 11.5 Å². The molecule has 0 bridgehead atoms. The average Bonchev–Trinajstić information content (AvgIpc) is 2.35. The smallest absolute Gasteiger partial charge is 0.267 e. The molecule has 5 nitrogen and oxygen atoms in total. The fourth-order valence-corrected chi connectivity index (χ4v) is 2.23. The van der Waals surface area contributed by atoms with Crippen molar-refractivity contribution >= 4 is 16.0 Å². The van der Waals surface area contributed by atoms with Crippen molar-refractivity contribution in [2.75, 3.05) is 12.9 Å². The van der Waals surface area contributed by atoms with Gasteiger partial charge in [0.2, 0.25) is 5.91 Å². The van der Waals surface area contributed by atoms with E-state index >= 15 is 0 Å². The topological polar surface area (TPSA) is 72.5 Å². The predicted molar refractivity (Wildman–Crippen MR) is 71.7 cm³/mol. The highest BCUT2D eigenvalue weighted by Gasteiger charge is 2.28. The zero-order chi connectivity index (χ0) is 14.4. The first-order valence-electron chi connectivity index (χ1n) is 6.30. The zero-order valence-electron chi connectivity index (χ0n) is 11.9. The van der Waals surface area contributed by atoms with Gasteiger partial charge in [-0.2, -0.15) is 8.42 Å². The van der Waals surface area contributed by atoms with Gasteiger partial charge in [0.25, 0.3) is 10.1 Å². The van der Waals surface area contributed by atoms with Gasteiger partial charge in [-0.1, -0.05) is 20.8 Å². The number of nitrogens with one attached hydrogen (secondary N) is 1. The van der Waals surface area contributed by atoms with E-state index in [9.17, 15) is 13.2 Å². The molecule has 0 fully saturated rings. The van der Waals surface area contributed by atoms with E-state index < -0.39 is 15.7 Å². The number of carbonyl (C=O) groups excluding carboxylic acids is 1. The maximum atomic E-state index is 11.9. The molecule has 0 radical (unpaired) electrons. The molecule has 2 atom stereocenters. The molecule has 0 aliphatic carbocycles. The third-order valence-electron chi connectivity index (χ3n) is 3.42. The lowest BCUT2D eigenvalue weighted by atomic mass is 9.94. The molecule has 0 aromatic carbocycles. The number of amides is 1. The van der Waals surface area contributed by atoms with Gasteiger partial charge >= 0.3 is 0 Å². The molecule has 18 heavy (non-hydrogen) atoms. The molecular weight excluding hydrogens is 254 g/mol. The molecule has 2 unspecified atom stereocenters. The van der Waals surface area contributed by atoms with Crippen molar-refractivity contribution in [2.24, 2.45) is 5.92 Å². The summed E-state index contributed by atoms with van der Waals surface area (Å²) in [7, 11) is -2.33. The summed E-state index contributed by atoms with van der Waals surface area (Å²) in [5, 5.41) is 2.93. The van der Waals surface area contributed by atoms with E-state index in [1.807, 2.05) is 27.7 Å². The van der Waals surface area contributed by atoms with Gasteiger partial charge in [0.05, 0.1) is 12.9 Å². The summed E-state index contributed by atoms with van der Waals surface area (Å²) >= 11 is 0. The first-order chi connectivity index (χ1) is 8.19. The third kappa shape index (κ3) is 5.82. The van der Waals surface area contributed by atoms with E-state index in [1.54, 1.807) is 0 Å². The first-order valence-corrected chi connectivity index (χ1v) is 7.87. The van der Waals surface area contributed by atoms with E-state index in [2.05, 4.69) is 9.50 Å². The third-order valence-corrected chi connectivity index (χ3v) is 4.64. The summed E-state index contributed by atoms with van der Waals surface area (Å²) in [4.78, 5) is 11.9. The fraction of sp³-hybridized carbons (Fsp3) is 0.917. The van der Waals surface area contributed by atoms with Crippen LogP contribution in [0.15, 0.2) is 0 Å². The van der Waals surface area contributed by atoms with Crippen LogP contribution in [0.3, 0.4) is 0 Å². The van der Waals surface area contributed by atoms with Crippen LogP contribution in [0, 0.1) is 5.92 Å². The average molecular weight is 279 g/mol. The van der Waals surface area contributed by atoms with Crippen molar-refractivity contribution in [3.8, 4) is 0 Å². The Morgan fingerprint density at radius 3 is 2.33 bits per heavy atom. The molecule has 0 aliphatic heterocycles. The summed E-state index contributed by atoms with van der Waals surface area (Å²) in [5.74, 6) is -0.180. The Bertz CT molecular complexity index is 366. The van der Waals surface area contributed by atoms with Crippen LogP contribution in [0.25, 0.3) is 0 Å². The van der Waals surface area contributed by atoms with E-state index in [0.717, 1.165) is 13.5 Å². The first kappa shape index (κ1) is 17.4. The van der Waals surface area contributed by atoms with Crippen LogP contribution < -0.4 is 5.32 Å². The standard InChI is InChI=1S/C12H25NO4S/c1-6-10(3)11(14)13-12(4,7-2)8-9-18(15,16)17-5/h10H,6-9H2,1-5H3,(H,13,14). The minimum atomic E-state index is -3.48. The molecule has 1 amide bonds. The summed E-state index contributed by atoms with van der Waals surface area (Å²) in [6.45, 7) is 7.59. The van der Waals surface area contributed by atoms with E-state index in [1.165, 1.54) is 0 Å². The van der Waals surface area contributed by atoms with E-state index in [4.69, 9.17) is 0 Å². The highest BCUT2D eigenvalue weighted by molar-refractivity contribution is 7.86. The molecule has 0 saturated heterocycles. The zero-order valence-corrected chi connectivity index (χ0v) is 12.8. The molecule has 1 N–H and O–H groups in total. The van der Waals surface area contributed by atoms with Crippen molar-refractivity contribution in [1.29, 1.82) is 0 Å². The van der Waals surface area contributed by atoms with Crippen LogP contribution in [0.1, 0.15) is 47.0 Å². The Kier molecular flexibility index (Phi) is 6.84. The number of carbonyl (C=O) groups is 1. The van der Waals surface area contributed by atoms with Crippen molar-refractivity contribution in [3.63, 3.8) is 0 Å². The summed E-state index contributed by atoms with van der Waals surface area (Å²) in [6, 6.07) is 0. The molecule has 0 aromatic heterocycles. The van der Waals surface area contributed by atoms with Crippen molar-refractivity contribution < 1.29 is 17.4 Å². The molecule has 0 rings (SSSR count). The summed E-state index contributed by atoms with van der Waals surface area (Å²) in [5.41, 5.74) is -0.508.